The molecule has 0 saturated carbocycles. The van der Waals surface area contributed by atoms with Crippen LogP contribution in [0.15, 0.2) is 74.4 Å². The van der Waals surface area contributed by atoms with Gasteiger partial charge >= 0.3 is 5.97 Å². The van der Waals surface area contributed by atoms with E-state index in [2.05, 4.69) is 34.5 Å². The minimum atomic E-state index is -1.74. The summed E-state index contributed by atoms with van der Waals surface area (Å²) in [6.45, 7) is 14.3. The Morgan fingerprint density at radius 1 is 1.00 bits per heavy atom. The summed E-state index contributed by atoms with van der Waals surface area (Å²) in [5, 5.41) is 49.3. The highest BCUT2D eigenvalue weighted by Crippen LogP contribution is 2.47. The summed E-state index contributed by atoms with van der Waals surface area (Å²) in [6, 6.07) is 15.9. The molecule has 0 radical (unpaired) electrons. The van der Waals surface area contributed by atoms with Crippen LogP contribution in [0.2, 0.25) is 0 Å². The molecular weight excluding hydrogens is 667 g/mol. The lowest BCUT2D eigenvalue weighted by Gasteiger charge is -2.43. The third-order valence-electron chi connectivity index (χ3n) is 10.4. The molecule has 2 aliphatic heterocycles. The van der Waals surface area contributed by atoms with Gasteiger partial charge in [0.2, 0.25) is 5.89 Å². The number of carbonyl (C=O) groups excluding carboxylic acids is 1. The molecule has 0 unspecified atom stereocenters. The number of fused-ring (bicyclic) bond motifs is 5. The van der Waals surface area contributed by atoms with E-state index in [0.29, 0.717) is 51.3 Å². The van der Waals surface area contributed by atoms with E-state index in [0.717, 1.165) is 32.4 Å². The maximum Gasteiger partial charge on any atom is 0.333 e. The van der Waals surface area contributed by atoms with Crippen LogP contribution in [0.1, 0.15) is 73.6 Å². The molecule has 0 aliphatic carbocycles. The van der Waals surface area contributed by atoms with Crippen molar-refractivity contribution in [1.29, 1.82) is 0 Å². The maximum absolute atomic E-state index is 13.1. The molecule has 278 valence electrons. The lowest BCUT2D eigenvalue weighted by Crippen LogP contribution is -2.59. The van der Waals surface area contributed by atoms with Crippen molar-refractivity contribution < 1.29 is 34.4 Å². The molecule has 0 bridgehead atoms. The van der Waals surface area contributed by atoms with Crippen LogP contribution in [0, 0.1) is 11.8 Å². The van der Waals surface area contributed by atoms with Gasteiger partial charge < -0.3 is 34.9 Å². The van der Waals surface area contributed by atoms with Crippen LogP contribution in [0.25, 0.3) is 22.6 Å². The van der Waals surface area contributed by atoms with Crippen LogP contribution in [-0.4, -0.2) is 91.5 Å². The van der Waals surface area contributed by atoms with E-state index in [-0.39, 0.29) is 11.5 Å². The Bertz CT molecular complexity index is 1620. The minimum Gasteiger partial charge on any atom is -0.456 e. The van der Waals surface area contributed by atoms with Crippen molar-refractivity contribution in [3.05, 3.63) is 66.1 Å². The molecule has 11 heteroatoms. The highest BCUT2D eigenvalue weighted by molar-refractivity contribution is 7.99. The number of hydrogen-bond donors (Lipinski definition) is 5. The standard InChI is InChI=1S/C40H55N3O7S/c1-8-32-40(7,48)37(45)27(5)43(23-24(2)21-39(6,47)36(44)25(3)20-26(4)38(46)49-32)19-13-18-41-22-33-42-34-28-14-9-11-16-30(28)51-31-17-12-10-15-29(31)35(34)50-33/h9-12,14-17,20,24-25,27,32,36-37,41,44-45,47-48H,8,13,18-19,21-23H2,1-7H3/t24-,25+,27-,32-,36-,37-,39-,40-/m1/s1. The molecule has 8 atom stereocenters. The number of hydrogen-bond acceptors (Lipinski definition) is 11. The van der Waals surface area contributed by atoms with Gasteiger partial charge in [-0.25, -0.2) is 9.78 Å². The Kier molecular flexibility index (Phi) is 12.5. The lowest BCUT2D eigenvalue weighted by atomic mass is 9.81. The van der Waals surface area contributed by atoms with E-state index in [9.17, 15) is 25.2 Å². The van der Waals surface area contributed by atoms with Crippen molar-refractivity contribution in [2.45, 2.75) is 120 Å². The summed E-state index contributed by atoms with van der Waals surface area (Å²) in [5.41, 5.74) is 0.00274. The van der Waals surface area contributed by atoms with Crippen LogP contribution in [0.3, 0.4) is 0 Å². The van der Waals surface area contributed by atoms with Crippen molar-refractivity contribution in [3.8, 4) is 22.6 Å². The molecule has 1 aromatic heterocycles. The van der Waals surface area contributed by atoms with Gasteiger partial charge in [0.1, 0.15) is 23.5 Å². The first-order chi connectivity index (χ1) is 24.1. The molecule has 0 fully saturated rings. The summed E-state index contributed by atoms with van der Waals surface area (Å²) in [6.07, 6.45) is -0.443. The lowest BCUT2D eigenvalue weighted by molar-refractivity contribution is -0.183. The summed E-state index contributed by atoms with van der Waals surface area (Å²) < 4.78 is 12.1. The number of aliphatic hydroxyl groups is 4. The molecule has 0 spiro atoms. The summed E-state index contributed by atoms with van der Waals surface area (Å²) >= 11 is 1.72. The Morgan fingerprint density at radius 3 is 2.33 bits per heavy atom. The third-order valence-corrected chi connectivity index (χ3v) is 11.6. The van der Waals surface area contributed by atoms with Crippen molar-refractivity contribution in [2.24, 2.45) is 11.8 Å². The first-order valence-electron chi connectivity index (χ1n) is 18.1. The number of rotatable bonds is 7. The number of aromatic nitrogens is 1. The van der Waals surface area contributed by atoms with Crippen LogP contribution < -0.4 is 5.32 Å². The summed E-state index contributed by atoms with van der Waals surface area (Å²) in [4.78, 5) is 22.3. The number of ether oxygens (including phenoxy) is 1. The highest BCUT2D eigenvalue weighted by Gasteiger charge is 2.45. The fraction of sp³-hybridized carbons (Fsp3) is 0.550. The van der Waals surface area contributed by atoms with Gasteiger partial charge in [-0.15, -0.1) is 0 Å². The quantitative estimate of drug-likeness (QED) is 0.116. The number of benzene rings is 2. The topological polar surface area (TPSA) is 149 Å². The highest BCUT2D eigenvalue weighted by atomic mass is 32.2. The van der Waals surface area contributed by atoms with Crippen molar-refractivity contribution in [2.75, 3.05) is 19.6 Å². The Labute approximate surface area is 306 Å². The van der Waals surface area contributed by atoms with Crippen LogP contribution in [0.4, 0.5) is 0 Å². The van der Waals surface area contributed by atoms with E-state index in [1.54, 1.807) is 45.5 Å². The van der Waals surface area contributed by atoms with Gasteiger partial charge in [0, 0.05) is 45.0 Å². The smallest absolute Gasteiger partial charge is 0.333 e. The average Bonchev–Trinajstić information content (AvgIpc) is 3.46. The molecule has 51 heavy (non-hydrogen) atoms. The van der Waals surface area contributed by atoms with Gasteiger partial charge in [0.15, 0.2) is 5.76 Å². The molecule has 0 saturated heterocycles. The fourth-order valence-electron chi connectivity index (χ4n) is 7.61. The zero-order chi connectivity index (χ0) is 37.1. The predicted octanol–water partition coefficient (Wildman–Crippen LogP) is 5.81. The van der Waals surface area contributed by atoms with Crippen LogP contribution in [-0.2, 0) is 16.1 Å². The van der Waals surface area contributed by atoms with Crippen LogP contribution >= 0.6 is 11.8 Å². The maximum atomic E-state index is 13.1. The third kappa shape index (κ3) is 8.79. The normalized spacial score (nSPS) is 30.9. The number of nitrogens with zero attached hydrogens (tertiary/aromatic N) is 2. The zero-order valence-electron chi connectivity index (χ0n) is 30.9. The first-order valence-corrected chi connectivity index (χ1v) is 19.0. The number of aliphatic hydroxyl groups excluding tert-OH is 2. The molecule has 3 aromatic rings. The molecule has 0 amide bonds. The molecular formula is C40H55N3O7S. The molecule has 2 aliphatic rings. The molecule has 5 rings (SSSR count). The molecule has 10 nitrogen and oxygen atoms in total. The number of nitrogens with one attached hydrogen (secondary N) is 1. The fourth-order valence-corrected chi connectivity index (χ4v) is 8.68. The SMILES string of the molecule is CC[C@H]1OC(=O)C(C)=C[C@H](C)[C@@H](O)[C@](C)(O)C[C@@H](C)CN(CCCNCc2nc3c(o2)-c2ccccc2Sc2ccccc2-3)[C@H](C)[C@@H](O)[C@]1(C)O. The van der Waals surface area contributed by atoms with Gasteiger partial charge in [-0.05, 0) is 78.1 Å². The van der Waals surface area contributed by atoms with E-state index in [1.165, 1.54) is 6.92 Å². The summed E-state index contributed by atoms with van der Waals surface area (Å²) in [5.74, 6) is 0.124. The van der Waals surface area contributed by atoms with Gasteiger partial charge in [0.25, 0.3) is 0 Å². The number of oxazole rings is 1. The van der Waals surface area contributed by atoms with Crippen molar-refractivity contribution in [3.63, 3.8) is 0 Å². The average molecular weight is 722 g/mol. The van der Waals surface area contributed by atoms with E-state index in [4.69, 9.17) is 14.1 Å². The Morgan fingerprint density at radius 2 is 1.65 bits per heavy atom. The number of esters is 1. The van der Waals surface area contributed by atoms with Crippen molar-refractivity contribution in [1.82, 2.24) is 15.2 Å². The van der Waals surface area contributed by atoms with E-state index < -0.39 is 47.4 Å². The monoisotopic (exact) mass is 721 g/mol. The first kappa shape index (κ1) is 39.2. The van der Waals surface area contributed by atoms with Gasteiger partial charge in [-0.3, -0.25) is 4.90 Å². The number of cyclic esters (lactones) is 1. The van der Waals surface area contributed by atoms with Gasteiger partial charge in [-0.1, -0.05) is 75.0 Å². The predicted molar refractivity (Wildman–Crippen MR) is 199 cm³/mol. The zero-order valence-corrected chi connectivity index (χ0v) is 31.7. The van der Waals surface area contributed by atoms with Gasteiger partial charge in [-0.2, -0.15) is 0 Å². The van der Waals surface area contributed by atoms with Gasteiger partial charge in [0.05, 0.1) is 18.2 Å². The number of carbonyl (C=O) groups is 1. The second kappa shape index (κ2) is 16.3. The van der Waals surface area contributed by atoms with Crippen molar-refractivity contribution >= 4 is 17.7 Å². The molecule has 2 aromatic carbocycles. The Hall–Kier alpha value is -3.03. The Balaban J connectivity index is 1.30. The summed E-state index contributed by atoms with van der Waals surface area (Å²) in [7, 11) is 0. The second-order valence-corrected chi connectivity index (χ2v) is 16.0. The van der Waals surface area contributed by atoms with Crippen LogP contribution in [0.5, 0.6) is 0 Å². The molecule has 5 N–H and O–H groups in total. The largest absolute Gasteiger partial charge is 0.456 e. The van der Waals surface area contributed by atoms with E-state index >= 15 is 0 Å². The second-order valence-electron chi connectivity index (χ2n) is 14.9. The molecule has 3 heterocycles. The minimum absolute atomic E-state index is 0.0731. The van der Waals surface area contributed by atoms with E-state index in [1.807, 2.05) is 38.1 Å².